The van der Waals surface area contributed by atoms with Crippen molar-refractivity contribution >= 4 is 11.9 Å². The Morgan fingerprint density at radius 1 is 1.35 bits per heavy atom. The molecule has 1 unspecified atom stereocenters. The second kappa shape index (κ2) is 6.24. The Balaban J connectivity index is 1.78. The number of hydrogen-bond donors (Lipinski definition) is 2. The average Bonchev–Trinajstić information content (AvgIpc) is 3.16. The van der Waals surface area contributed by atoms with Crippen molar-refractivity contribution in [3.8, 4) is 11.3 Å². The minimum atomic E-state index is -0.875. The van der Waals surface area contributed by atoms with Crippen molar-refractivity contribution in [3.05, 3.63) is 41.6 Å². The van der Waals surface area contributed by atoms with Crippen LogP contribution in [-0.4, -0.2) is 44.7 Å². The molecule has 23 heavy (non-hydrogen) atoms. The van der Waals surface area contributed by atoms with Gasteiger partial charge in [-0.15, -0.1) is 0 Å². The van der Waals surface area contributed by atoms with Gasteiger partial charge >= 0.3 is 5.97 Å². The SMILES string of the molecule is Cc1ccc(-c2cc(C(=O)N3CCCC3CC(=O)O)[nH]n2)cc1. The van der Waals surface area contributed by atoms with Crippen molar-refractivity contribution in [1.82, 2.24) is 15.1 Å². The zero-order valence-corrected chi connectivity index (χ0v) is 13.0. The number of likely N-dealkylation sites (tertiary alicyclic amines) is 1. The fourth-order valence-corrected chi connectivity index (χ4v) is 2.98. The van der Waals surface area contributed by atoms with E-state index in [1.54, 1.807) is 11.0 Å². The molecule has 0 radical (unpaired) electrons. The number of nitrogens with one attached hydrogen (secondary N) is 1. The topological polar surface area (TPSA) is 86.3 Å². The summed E-state index contributed by atoms with van der Waals surface area (Å²) in [5.41, 5.74) is 3.21. The Hall–Kier alpha value is -2.63. The summed E-state index contributed by atoms with van der Waals surface area (Å²) in [6, 6.07) is 9.41. The molecule has 1 saturated heterocycles. The van der Waals surface area contributed by atoms with E-state index in [-0.39, 0.29) is 18.4 Å². The van der Waals surface area contributed by atoms with E-state index in [2.05, 4.69) is 10.2 Å². The first-order valence-electron chi connectivity index (χ1n) is 7.70. The largest absolute Gasteiger partial charge is 0.481 e. The van der Waals surface area contributed by atoms with Gasteiger partial charge in [-0.25, -0.2) is 0 Å². The number of H-pyrrole nitrogens is 1. The highest BCUT2D eigenvalue weighted by Crippen LogP contribution is 2.24. The van der Waals surface area contributed by atoms with Crippen LogP contribution in [-0.2, 0) is 4.79 Å². The number of carbonyl (C=O) groups is 2. The Morgan fingerprint density at radius 3 is 2.78 bits per heavy atom. The maximum absolute atomic E-state index is 12.6. The fourth-order valence-electron chi connectivity index (χ4n) is 2.98. The van der Waals surface area contributed by atoms with Gasteiger partial charge in [0, 0.05) is 18.2 Å². The molecule has 2 aromatic rings. The lowest BCUT2D eigenvalue weighted by atomic mass is 10.1. The second-order valence-electron chi connectivity index (χ2n) is 5.93. The molecule has 1 atom stereocenters. The highest BCUT2D eigenvalue weighted by molar-refractivity contribution is 5.94. The van der Waals surface area contributed by atoms with E-state index < -0.39 is 5.97 Å². The Labute approximate surface area is 134 Å². The third kappa shape index (κ3) is 3.26. The van der Waals surface area contributed by atoms with Crippen molar-refractivity contribution in [2.24, 2.45) is 0 Å². The van der Waals surface area contributed by atoms with Crippen LogP contribution in [0.5, 0.6) is 0 Å². The summed E-state index contributed by atoms with van der Waals surface area (Å²) in [5, 5.41) is 15.9. The number of aromatic nitrogens is 2. The minimum absolute atomic E-state index is 0.00923. The molecule has 0 spiro atoms. The molecule has 2 N–H and O–H groups in total. The first kappa shape index (κ1) is 15.3. The van der Waals surface area contributed by atoms with Crippen LogP contribution in [0.1, 0.15) is 35.3 Å². The van der Waals surface area contributed by atoms with Gasteiger partial charge in [0.25, 0.3) is 5.91 Å². The number of benzene rings is 1. The van der Waals surface area contributed by atoms with Crippen LogP contribution in [0.4, 0.5) is 0 Å². The van der Waals surface area contributed by atoms with E-state index in [1.165, 1.54) is 0 Å². The summed E-state index contributed by atoms with van der Waals surface area (Å²) in [4.78, 5) is 25.2. The van der Waals surface area contributed by atoms with Gasteiger partial charge in [-0.3, -0.25) is 14.7 Å². The molecule has 6 heteroatoms. The maximum Gasteiger partial charge on any atom is 0.305 e. The lowest BCUT2D eigenvalue weighted by Crippen LogP contribution is -2.37. The molecule has 2 heterocycles. The van der Waals surface area contributed by atoms with E-state index in [9.17, 15) is 9.59 Å². The molecule has 3 rings (SSSR count). The summed E-state index contributed by atoms with van der Waals surface area (Å²) >= 11 is 0. The fraction of sp³-hybridized carbons (Fsp3) is 0.353. The molecule has 1 aromatic carbocycles. The third-order valence-corrected chi connectivity index (χ3v) is 4.20. The highest BCUT2D eigenvalue weighted by Gasteiger charge is 2.31. The van der Waals surface area contributed by atoms with Gasteiger partial charge in [0.05, 0.1) is 12.1 Å². The van der Waals surface area contributed by atoms with Crippen molar-refractivity contribution in [2.45, 2.75) is 32.2 Å². The van der Waals surface area contributed by atoms with E-state index in [1.807, 2.05) is 31.2 Å². The molecule has 1 fully saturated rings. The summed E-state index contributed by atoms with van der Waals surface area (Å²) in [6.45, 7) is 2.61. The second-order valence-corrected chi connectivity index (χ2v) is 5.93. The van der Waals surface area contributed by atoms with Crippen molar-refractivity contribution < 1.29 is 14.7 Å². The number of rotatable bonds is 4. The van der Waals surface area contributed by atoms with Crippen LogP contribution in [0.25, 0.3) is 11.3 Å². The van der Waals surface area contributed by atoms with Gasteiger partial charge in [0.15, 0.2) is 0 Å². The summed E-state index contributed by atoms with van der Waals surface area (Å²) in [5.74, 6) is -1.06. The van der Waals surface area contributed by atoms with Gasteiger partial charge in [-0.2, -0.15) is 5.10 Å². The van der Waals surface area contributed by atoms with Gasteiger partial charge in [-0.05, 0) is 25.8 Å². The molecular weight excluding hydrogens is 294 g/mol. The Kier molecular flexibility index (Phi) is 4.14. The molecule has 1 aromatic heterocycles. The molecule has 1 aliphatic heterocycles. The summed E-state index contributed by atoms with van der Waals surface area (Å²) in [6.07, 6.45) is 1.56. The lowest BCUT2D eigenvalue weighted by molar-refractivity contribution is -0.137. The van der Waals surface area contributed by atoms with Crippen molar-refractivity contribution in [1.29, 1.82) is 0 Å². The molecule has 0 saturated carbocycles. The van der Waals surface area contributed by atoms with Crippen LogP contribution in [0, 0.1) is 6.92 Å². The number of nitrogens with zero attached hydrogens (tertiary/aromatic N) is 2. The molecule has 1 aliphatic rings. The quantitative estimate of drug-likeness (QED) is 0.908. The van der Waals surface area contributed by atoms with Gasteiger partial charge in [0.2, 0.25) is 0 Å². The molecule has 120 valence electrons. The third-order valence-electron chi connectivity index (χ3n) is 4.20. The molecule has 1 amide bonds. The van der Waals surface area contributed by atoms with Crippen LogP contribution >= 0.6 is 0 Å². The van der Waals surface area contributed by atoms with Crippen molar-refractivity contribution in [3.63, 3.8) is 0 Å². The van der Waals surface area contributed by atoms with Gasteiger partial charge in [-0.1, -0.05) is 29.8 Å². The number of amides is 1. The number of aliphatic carboxylic acids is 1. The standard InChI is InChI=1S/C17H19N3O3/c1-11-4-6-12(7-5-11)14-10-15(19-18-14)17(23)20-8-2-3-13(20)9-16(21)22/h4-7,10,13H,2-3,8-9H2,1H3,(H,18,19)(H,21,22). The van der Waals surface area contributed by atoms with E-state index >= 15 is 0 Å². The van der Waals surface area contributed by atoms with Crippen molar-refractivity contribution in [2.75, 3.05) is 6.54 Å². The number of hydrogen-bond acceptors (Lipinski definition) is 3. The van der Waals surface area contributed by atoms with E-state index in [0.29, 0.717) is 17.9 Å². The van der Waals surface area contributed by atoms with Gasteiger partial charge < -0.3 is 10.0 Å². The number of aromatic amines is 1. The van der Waals surface area contributed by atoms with Crippen LogP contribution < -0.4 is 0 Å². The number of aryl methyl sites for hydroxylation is 1. The highest BCUT2D eigenvalue weighted by atomic mass is 16.4. The molecule has 6 nitrogen and oxygen atoms in total. The van der Waals surface area contributed by atoms with Crippen LogP contribution in [0.15, 0.2) is 30.3 Å². The van der Waals surface area contributed by atoms with Crippen LogP contribution in [0.2, 0.25) is 0 Å². The number of carboxylic acid groups (broad SMARTS) is 1. The smallest absolute Gasteiger partial charge is 0.305 e. The van der Waals surface area contributed by atoms with Gasteiger partial charge in [0.1, 0.15) is 5.69 Å². The van der Waals surface area contributed by atoms with E-state index in [4.69, 9.17) is 5.11 Å². The first-order valence-corrected chi connectivity index (χ1v) is 7.70. The normalized spacial score (nSPS) is 17.4. The number of carboxylic acids is 1. The predicted octanol–water partition coefficient (Wildman–Crippen LogP) is 2.46. The van der Waals surface area contributed by atoms with E-state index in [0.717, 1.165) is 24.0 Å². The Morgan fingerprint density at radius 2 is 2.09 bits per heavy atom. The summed E-state index contributed by atoms with van der Waals surface area (Å²) in [7, 11) is 0. The Bertz CT molecular complexity index is 721. The maximum atomic E-state index is 12.6. The average molecular weight is 313 g/mol. The lowest BCUT2D eigenvalue weighted by Gasteiger charge is -2.22. The number of carbonyl (C=O) groups excluding carboxylic acids is 1. The zero-order valence-electron chi connectivity index (χ0n) is 13.0. The molecular formula is C17H19N3O3. The minimum Gasteiger partial charge on any atom is -0.481 e. The summed E-state index contributed by atoms with van der Waals surface area (Å²) < 4.78 is 0. The molecule has 0 bridgehead atoms. The van der Waals surface area contributed by atoms with Crippen LogP contribution in [0.3, 0.4) is 0 Å². The zero-order chi connectivity index (χ0) is 16.4. The molecule has 0 aliphatic carbocycles. The predicted molar refractivity (Wildman–Crippen MR) is 85.1 cm³/mol. The monoisotopic (exact) mass is 313 g/mol. The first-order chi connectivity index (χ1) is 11.0.